The molecule has 0 radical (unpaired) electrons. The number of nitrogens with one attached hydrogen (secondary N) is 1. The van der Waals surface area contributed by atoms with Gasteiger partial charge in [-0.25, -0.2) is 9.59 Å². The Balaban J connectivity index is 0.00000148. The first-order valence-corrected chi connectivity index (χ1v) is 19.3. The lowest BCUT2D eigenvalue weighted by Crippen LogP contribution is -2.78. The first-order valence-electron chi connectivity index (χ1n) is 19.3. The summed E-state index contributed by atoms with van der Waals surface area (Å²) in [6.07, 6.45) is -6.51. The standard InChI is InChI=1S/C41H51NO11.C3H6O/c1-22-26(52-37(47)31(44)30(42-23(2)43)24-15-11-9-12-16-24)20-41(48)35(53-36(46)25-17-13-10-14-18-25)33-39(5)21-51-27(39)19-28(49-7)40(33,6)34(45)32(50-8)29(22)38(41,3)4;1-3(2)4/h9-18,26-28,30-33,35,44,48H,19-21H2,1-8H3,(H,42,43);1-2H3/t26?,27-,28+,30+,31-,32-,33-,35+,39-,40-,41-;/m1./s1. The third kappa shape index (κ3) is 7.60. The highest BCUT2D eigenvalue weighted by Crippen LogP contribution is 2.66. The van der Waals surface area contributed by atoms with Crippen LogP contribution in [-0.4, -0.2) is 103 Å². The average molecular weight is 792 g/mol. The first-order chi connectivity index (χ1) is 26.7. The SMILES string of the molecule is CC(C)=O.CO[C@H]1C(=O)[C@]2(C)[C@@H](OC)C[C@H]3OC[C@@]3(C)[C@H]2[C@H](OC(=O)c2ccccc2)[C@]2(O)CC(OC(=O)[C@H](O)[C@@H](NC(C)=O)c3ccccc3)C(C)=C1C2(C)C. The molecular weight excluding hydrogens is 734 g/mol. The Kier molecular flexibility index (Phi) is 12.7. The quantitative estimate of drug-likeness (QED) is 0.240. The number of esters is 2. The van der Waals surface area contributed by atoms with Gasteiger partial charge < -0.3 is 44.0 Å². The van der Waals surface area contributed by atoms with Crippen molar-refractivity contribution in [1.29, 1.82) is 0 Å². The third-order valence-electron chi connectivity index (χ3n) is 12.8. The van der Waals surface area contributed by atoms with Crippen LogP contribution in [0.15, 0.2) is 71.8 Å². The van der Waals surface area contributed by atoms with E-state index in [0.29, 0.717) is 23.1 Å². The molecule has 13 heteroatoms. The van der Waals surface area contributed by atoms with Crippen molar-refractivity contribution in [3.05, 3.63) is 82.9 Å². The molecule has 2 saturated carbocycles. The number of ether oxygens (including phenoxy) is 5. The Morgan fingerprint density at radius 2 is 1.47 bits per heavy atom. The van der Waals surface area contributed by atoms with E-state index >= 15 is 4.79 Å². The average Bonchev–Trinajstić information content (AvgIpc) is 3.16. The van der Waals surface area contributed by atoms with Crippen molar-refractivity contribution in [3.63, 3.8) is 0 Å². The number of ketones is 2. The summed E-state index contributed by atoms with van der Waals surface area (Å²) in [5.41, 5.74) is -3.82. The minimum absolute atomic E-state index is 0.167. The van der Waals surface area contributed by atoms with Crippen molar-refractivity contribution in [2.75, 3.05) is 20.8 Å². The number of Topliss-reactive ketones (excluding diaryl/α,β-unsaturated/α-hetero) is 2. The number of hydrogen-bond donors (Lipinski definition) is 3. The molecule has 1 unspecified atom stereocenters. The van der Waals surface area contributed by atoms with Crippen molar-refractivity contribution in [2.45, 2.75) is 116 Å². The Labute approximate surface area is 334 Å². The Bertz CT molecular complexity index is 1880. The highest BCUT2D eigenvalue weighted by Gasteiger charge is 2.75. The molecule has 11 atom stereocenters. The number of rotatable bonds is 9. The van der Waals surface area contributed by atoms with Crippen molar-refractivity contribution < 1.29 is 57.9 Å². The van der Waals surface area contributed by atoms with Gasteiger partial charge in [0.15, 0.2) is 11.9 Å². The van der Waals surface area contributed by atoms with Gasteiger partial charge in [-0.1, -0.05) is 69.3 Å². The minimum Gasteiger partial charge on any atom is -0.456 e. The second-order valence-electron chi connectivity index (χ2n) is 16.9. The number of carbonyl (C=O) groups is 5. The van der Waals surface area contributed by atoms with Crippen LogP contribution in [0.3, 0.4) is 0 Å². The van der Waals surface area contributed by atoms with E-state index in [9.17, 15) is 29.4 Å². The molecule has 2 aromatic rings. The summed E-state index contributed by atoms with van der Waals surface area (Å²) in [7, 11) is 2.95. The number of aliphatic hydroxyl groups excluding tert-OH is 1. The lowest BCUT2D eigenvalue weighted by molar-refractivity contribution is -0.316. The molecule has 57 heavy (non-hydrogen) atoms. The molecule has 2 aromatic carbocycles. The monoisotopic (exact) mass is 791 g/mol. The lowest BCUT2D eigenvalue weighted by atomic mass is 9.42. The van der Waals surface area contributed by atoms with Gasteiger partial charge in [0.2, 0.25) is 5.91 Å². The van der Waals surface area contributed by atoms with E-state index in [4.69, 9.17) is 23.7 Å². The number of hydrogen-bond acceptors (Lipinski definition) is 12. The van der Waals surface area contributed by atoms with Gasteiger partial charge in [0.25, 0.3) is 0 Å². The normalized spacial score (nSPS) is 33.6. The van der Waals surface area contributed by atoms with E-state index in [0.717, 1.165) is 0 Å². The summed E-state index contributed by atoms with van der Waals surface area (Å²) in [5, 5.41) is 27.6. The van der Waals surface area contributed by atoms with E-state index < -0.39 is 82.2 Å². The topological polar surface area (TPSA) is 184 Å². The molecular formula is C44H57NO12. The van der Waals surface area contributed by atoms with Gasteiger partial charge in [-0.15, -0.1) is 0 Å². The predicted octanol–water partition coefficient (Wildman–Crippen LogP) is 4.48. The molecule has 1 aliphatic heterocycles. The zero-order valence-corrected chi connectivity index (χ0v) is 34.5. The summed E-state index contributed by atoms with van der Waals surface area (Å²) >= 11 is 0. The van der Waals surface area contributed by atoms with Crippen molar-refractivity contribution in [3.8, 4) is 0 Å². The summed E-state index contributed by atoms with van der Waals surface area (Å²) in [4.78, 5) is 65.0. The summed E-state index contributed by atoms with van der Waals surface area (Å²) < 4.78 is 30.8. The second kappa shape index (κ2) is 16.5. The van der Waals surface area contributed by atoms with Crippen LogP contribution in [0, 0.1) is 22.2 Å². The van der Waals surface area contributed by atoms with E-state index in [1.54, 1.807) is 88.4 Å². The fraction of sp³-hybridized carbons (Fsp3) is 0.568. The van der Waals surface area contributed by atoms with Crippen molar-refractivity contribution >= 4 is 29.4 Å². The molecule has 6 rings (SSSR count). The van der Waals surface area contributed by atoms with Gasteiger partial charge in [0, 0.05) is 50.7 Å². The Morgan fingerprint density at radius 3 is 1.98 bits per heavy atom. The zero-order chi connectivity index (χ0) is 42.2. The maximum absolute atomic E-state index is 15.3. The summed E-state index contributed by atoms with van der Waals surface area (Å²) in [6.45, 7) is 13.6. The molecule has 0 spiro atoms. The molecule has 3 aliphatic carbocycles. The Morgan fingerprint density at radius 1 is 0.895 bits per heavy atom. The third-order valence-corrected chi connectivity index (χ3v) is 12.8. The second-order valence-corrected chi connectivity index (χ2v) is 16.9. The van der Waals surface area contributed by atoms with Crippen LogP contribution in [0.5, 0.6) is 0 Å². The lowest BCUT2D eigenvalue weighted by Gasteiger charge is -2.68. The highest BCUT2D eigenvalue weighted by atomic mass is 16.6. The van der Waals surface area contributed by atoms with Gasteiger partial charge in [-0.05, 0) is 56.5 Å². The largest absolute Gasteiger partial charge is 0.456 e. The van der Waals surface area contributed by atoms with Gasteiger partial charge in [-0.2, -0.15) is 0 Å². The molecule has 13 nitrogen and oxygen atoms in total. The van der Waals surface area contributed by atoms with E-state index in [2.05, 4.69) is 5.32 Å². The van der Waals surface area contributed by atoms with Gasteiger partial charge in [0.05, 0.1) is 35.8 Å². The number of amides is 1. The van der Waals surface area contributed by atoms with E-state index in [1.165, 1.54) is 35.0 Å². The summed E-state index contributed by atoms with van der Waals surface area (Å²) in [5.74, 6) is -3.23. The fourth-order valence-corrected chi connectivity index (χ4v) is 9.86. The van der Waals surface area contributed by atoms with Crippen LogP contribution in [-0.2, 0) is 42.9 Å². The maximum atomic E-state index is 15.3. The molecule has 3 fully saturated rings. The van der Waals surface area contributed by atoms with Crippen LogP contribution < -0.4 is 5.32 Å². The minimum atomic E-state index is -1.99. The molecule has 1 saturated heterocycles. The molecule has 0 aromatic heterocycles. The van der Waals surface area contributed by atoms with Crippen LogP contribution in [0.25, 0.3) is 0 Å². The predicted molar refractivity (Wildman–Crippen MR) is 208 cm³/mol. The van der Waals surface area contributed by atoms with Crippen LogP contribution >= 0.6 is 0 Å². The van der Waals surface area contributed by atoms with Crippen molar-refractivity contribution in [1.82, 2.24) is 5.32 Å². The van der Waals surface area contributed by atoms with Gasteiger partial charge in [-0.3, -0.25) is 9.59 Å². The number of carbonyl (C=O) groups excluding carboxylic acids is 5. The van der Waals surface area contributed by atoms with Gasteiger partial charge in [0.1, 0.15) is 29.7 Å². The number of benzene rings is 2. The fourth-order valence-electron chi connectivity index (χ4n) is 9.86. The first kappa shape index (κ1) is 43.8. The van der Waals surface area contributed by atoms with Crippen LogP contribution in [0.1, 0.15) is 90.2 Å². The van der Waals surface area contributed by atoms with Gasteiger partial charge >= 0.3 is 11.9 Å². The molecule has 1 heterocycles. The molecule has 4 aliphatic rings. The molecule has 3 N–H and O–H groups in total. The smallest absolute Gasteiger partial charge is 0.338 e. The number of fused-ring (bicyclic) bond motifs is 5. The highest BCUT2D eigenvalue weighted by molar-refractivity contribution is 5.94. The molecule has 2 bridgehead atoms. The number of aliphatic hydroxyl groups is 2. The van der Waals surface area contributed by atoms with Crippen LogP contribution in [0.4, 0.5) is 0 Å². The zero-order valence-electron chi connectivity index (χ0n) is 34.5. The number of methoxy groups -OCH3 is 2. The summed E-state index contributed by atoms with van der Waals surface area (Å²) in [6, 6.07) is 15.8. The van der Waals surface area contributed by atoms with Crippen molar-refractivity contribution in [2.24, 2.45) is 22.2 Å². The maximum Gasteiger partial charge on any atom is 0.338 e. The molecule has 1 amide bonds. The Hall–Kier alpha value is -4.27. The van der Waals surface area contributed by atoms with E-state index in [-0.39, 0.29) is 36.3 Å². The van der Waals surface area contributed by atoms with E-state index in [1.807, 2.05) is 6.92 Å². The van der Waals surface area contributed by atoms with Crippen LogP contribution in [0.2, 0.25) is 0 Å². The molecule has 310 valence electrons.